The van der Waals surface area contributed by atoms with Crippen LogP contribution < -0.4 is 5.32 Å². The van der Waals surface area contributed by atoms with Crippen LogP contribution in [0.25, 0.3) is 11.1 Å². The second-order valence-corrected chi connectivity index (χ2v) is 6.30. The van der Waals surface area contributed by atoms with Gasteiger partial charge in [0.2, 0.25) is 0 Å². The number of nitrogens with one attached hydrogen (secondary N) is 1. The number of halogens is 1. The van der Waals surface area contributed by atoms with E-state index in [2.05, 4.69) is 61.6 Å². The second-order valence-electron chi connectivity index (χ2n) is 5.90. The standard InChI is InChI=1S/C22H21ClN/c1-3-8-17-10-5-7-12-22(17)24-18-13-14-20(21(23)15-18)19-11-6-4-9-16(19)2/h4-7,9-15,24H,1,3,8H2,2H3. The molecule has 0 atom stereocenters. The Bertz CT molecular complexity index is 839. The van der Waals surface area contributed by atoms with Crippen molar-refractivity contribution in [3.05, 3.63) is 89.8 Å². The van der Waals surface area contributed by atoms with Gasteiger partial charge in [-0.3, -0.25) is 0 Å². The van der Waals surface area contributed by atoms with Crippen LogP contribution >= 0.6 is 11.6 Å². The topological polar surface area (TPSA) is 12.0 Å². The number of rotatable bonds is 5. The fourth-order valence-corrected chi connectivity index (χ4v) is 3.17. The second kappa shape index (κ2) is 7.55. The first-order chi connectivity index (χ1) is 11.7. The first-order valence-corrected chi connectivity index (χ1v) is 8.56. The molecule has 3 aromatic rings. The fraction of sp³-hybridized carbons (Fsp3) is 0.136. The first-order valence-electron chi connectivity index (χ1n) is 8.19. The SMILES string of the molecule is [CH2]CCc1ccccc1Nc1ccc(-c2ccccc2C)c(Cl)c1. The molecule has 2 heteroatoms. The van der Waals surface area contributed by atoms with Crippen molar-refractivity contribution in [1.82, 2.24) is 0 Å². The van der Waals surface area contributed by atoms with E-state index in [0.717, 1.165) is 34.8 Å². The number of anilines is 2. The molecular weight excluding hydrogens is 314 g/mol. The molecule has 1 N–H and O–H groups in total. The normalized spacial score (nSPS) is 10.6. The van der Waals surface area contributed by atoms with Crippen molar-refractivity contribution < 1.29 is 0 Å². The summed E-state index contributed by atoms with van der Waals surface area (Å²) in [5, 5.41) is 4.23. The summed E-state index contributed by atoms with van der Waals surface area (Å²) < 4.78 is 0. The fourth-order valence-electron chi connectivity index (χ4n) is 2.89. The quantitative estimate of drug-likeness (QED) is 0.539. The summed E-state index contributed by atoms with van der Waals surface area (Å²) in [5.41, 5.74) is 6.83. The van der Waals surface area contributed by atoms with Crippen LogP contribution in [0, 0.1) is 13.8 Å². The Morgan fingerprint density at radius 1 is 0.917 bits per heavy atom. The predicted octanol–water partition coefficient (Wildman–Crippen LogP) is 6.83. The maximum Gasteiger partial charge on any atom is 0.0505 e. The maximum atomic E-state index is 6.55. The highest BCUT2D eigenvalue weighted by Crippen LogP contribution is 2.33. The van der Waals surface area contributed by atoms with Crippen molar-refractivity contribution >= 4 is 23.0 Å². The molecule has 0 saturated heterocycles. The van der Waals surface area contributed by atoms with Gasteiger partial charge in [-0.1, -0.05) is 67.1 Å². The summed E-state index contributed by atoms with van der Waals surface area (Å²) in [6.45, 7) is 6.05. The Kier molecular flexibility index (Phi) is 5.22. The van der Waals surface area contributed by atoms with Crippen LogP contribution in [-0.2, 0) is 6.42 Å². The van der Waals surface area contributed by atoms with Crippen molar-refractivity contribution in [2.45, 2.75) is 19.8 Å². The molecule has 121 valence electrons. The van der Waals surface area contributed by atoms with Crippen molar-refractivity contribution in [3.8, 4) is 11.1 Å². The van der Waals surface area contributed by atoms with Crippen LogP contribution in [0.4, 0.5) is 11.4 Å². The van der Waals surface area contributed by atoms with E-state index >= 15 is 0 Å². The number of hydrogen-bond donors (Lipinski definition) is 1. The lowest BCUT2D eigenvalue weighted by Crippen LogP contribution is -1.96. The van der Waals surface area contributed by atoms with E-state index < -0.39 is 0 Å². The molecule has 0 unspecified atom stereocenters. The summed E-state index contributed by atoms with van der Waals surface area (Å²) >= 11 is 6.55. The Labute approximate surface area is 149 Å². The Hall–Kier alpha value is -2.25. The minimum Gasteiger partial charge on any atom is -0.355 e. The molecule has 0 aliphatic rings. The molecule has 3 aromatic carbocycles. The van der Waals surface area contributed by atoms with Crippen molar-refractivity contribution in [2.24, 2.45) is 0 Å². The van der Waals surface area contributed by atoms with Gasteiger partial charge in [0.15, 0.2) is 0 Å². The molecule has 0 fully saturated rings. The number of benzene rings is 3. The zero-order chi connectivity index (χ0) is 16.9. The molecular formula is C22H21ClN. The molecule has 0 heterocycles. The van der Waals surface area contributed by atoms with Gasteiger partial charge in [0, 0.05) is 16.9 Å². The van der Waals surface area contributed by atoms with E-state index in [1.165, 1.54) is 16.7 Å². The number of aryl methyl sites for hydroxylation is 2. The molecule has 0 aromatic heterocycles. The van der Waals surface area contributed by atoms with Gasteiger partial charge in [0.1, 0.15) is 0 Å². The van der Waals surface area contributed by atoms with Crippen molar-refractivity contribution in [2.75, 3.05) is 5.32 Å². The smallest absolute Gasteiger partial charge is 0.0505 e. The van der Waals surface area contributed by atoms with Gasteiger partial charge >= 0.3 is 0 Å². The van der Waals surface area contributed by atoms with E-state index in [1.807, 2.05) is 24.3 Å². The summed E-state index contributed by atoms with van der Waals surface area (Å²) in [7, 11) is 0. The third kappa shape index (κ3) is 3.63. The van der Waals surface area contributed by atoms with Gasteiger partial charge in [-0.2, -0.15) is 0 Å². The minimum atomic E-state index is 0.754. The molecule has 1 nitrogen and oxygen atoms in total. The first kappa shape index (κ1) is 16.6. The lowest BCUT2D eigenvalue weighted by Gasteiger charge is -2.14. The van der Waals surface area contributed by atoms with Crippen LogP contribution in [-0.4, -0.2) is 0 Å². The van der Waals surface area contributed by atoms with Crippen molar-refractivity contribution in [3.63, 3.8) is 0 Å². The number of para-hydroxylation sites is 1. The zero-order valence-electron chi connectivity index (χ0n) is 13.9. The van der Waals surface area contributed by atoms with Crippen LogP contribution in [0.3, 0.4) is 0 Å². The third-order valence-corrected chi connectivity index (χ3v) is 4.46. The lowest BCUT2D eigenvalue weighted by molar-refractivity contribution is 1.00. The van der Waals surface area contributed by atoms with Gasteiger partial charge in [0.25, 0.3) is 0 Å². The molecule has 0 amide bonds. The van der Waals surface area contributed by atoms with Crippen LogP contribution in [0.5, 0.6) is 0 Å². The van der Waals surface area contributed by atoms with Gasteiger partial charge in [-0.25, -0.2) is 0 Å². The average Bonchev–Trinajstić information content (AvgIpc) is 2.58. The van der Waals surface area contributed by atoms with E-state index in [1.54, 1.807) is 0 Å². The van der Waals surface area contributed by atoms with Gasteiger partial charge in [-0.15, -0.1) is 0 Å². The summed E-state index contributed by atoms with van der Waals surface area (Å²) in [6.07, 6.45) is 1.84. The van der Waals surface area contributed by atoms with Crippen molar-refractivity contribution in [1.29, 1.82) is 0 Å². The Morgan fingerprint density at radius 2 is 1.67 bits per heavy atom. The van der Waals surface area contributed by atoms with Crippen LogP contribution in [0.1, 0.15) is 17.5 Å². The van der Waals surface area contributed by atoms with E-state index in [0.29, 0.717) is 0 Å². The molecule has 0 bridgehead atoms. The van der Waals surface area contributed by atoms with Gasteiger partial charge in [0.05, 0.1) is 5.02 Å². The maximum absolute atomic E-state index is 6.55. The molecule has 0 saturated carbocycles. The summed E-state index contributed by atoms with van der Waals surface area (Å²) in [4.78, 5) is 0. The average molecular weight is 335 g/mol. The molecule has 0 aliphatic carbocycles. The Morgan fingerprint density at radius 3 is 2.42 bits per heavy atom. The largest absolute Gasteiger partial charge is 0.355 e. The minimum absolute atomic E-state index is 0.754. The Balaban J connectivity index is 1.90. The monoisotopic (exact) mass is 334 g/mol. The molecule has 3 rings (SSSR count). The highest BCUT2D eigenvalue weighted by Gasteiger charge is 2.08. The lowest BCUT2D eigenvalue weighted by atomic mass is 10.0. The van der Waals surface area contributed by atoms with Crippen LogP contribution in [0.2, 0.25) is 5.02 Å². The predicted molar refractivity (Wildman–Crippen MR) is 105 cm³/mol. The molecule has 0 aliphatic heterocycles. The molecule has 1 radical (unpaired) electrons. The van der Waals surface area contributed by atoms with E-state index in [9.17, 15) is 0 Å². The van der Waals surface area contributed by atoms with E-state index in [4.69, 9.17) is 11.6 Å². The van der Waals surface area contributed by atoms with Gasteiger partial charge in [-0.05, 0) is 54.7 Å². The number of hydrogen-bond acceptors (Lipinski definition) is 1. The van der Waals surface area contributed by atoms with E-state index in [-0.39, 0.29) is 0 Å². The molecule has 0 spiro atoms. The van der Waals surface area contributed by atoms with Crippen LogP contribution in [0.15, 0.2) is 66.7 Å². The highest BCUT2D eigenvalue weighted by atomic mass is 35.5. The molecule has 24 heavy (non-hydrogen) atoms. The summed E-state index contributed by atoms with van der Waals surface area (Å²) in [6, 6.07) is 22.8. The zero-order valence-corrected chi connectivity index (χ0v) is 14.6. The summed E-state index contributed by atoms with van der Waals surface area (Å²) in [5.74, 6) is 0. The highest BCUT2D eigenvalue weighted by molar-refractivity contribution is 6.33. The van der Waals surface area contributed by atoms with Gasteiger partial charge < -0.3 is 5.32 Å². The third-order valence-electron chi connectivity index (χ3n) is 4.15.